The summed E-state index contributed by atoms with van der Waals surface area (Å²) in [6, 6.07) is 19.4. The van der Waals surface area contributed by atoms with Crippen LogP contribution in [0.4, 0.5) is 11.4 Å². The lowest BCUT2D eigenvalue weighted by Gasteiger charge is -2.11. The Morgan fingerprint density at radius 1 is 0.513 bits per heavy atom. The van der Waals surface area contributed by atoms with Crippen LogP contribution in [-0.2, 0) is 71.4 Å². The monoisotopic (exact) mass is 1160 g/mol. The Bertz CT molecular complexity index is 3460. The van der Waals surface area contributed by atoms with Crippen molar-refractivity contribution in [1.29, 1.82) is 0 Å². The fourth-order valence-corrected chi connectivity index (χ4v) is 12.0. The molecule has 2 aliphatic heterocycles. The standard InChI is InChI=1S/C13H18N2O3S.C13H16N2O3S.C13H17NO4S.C11H11NO4S.4CH4/c2*1-8(2)19(17,18)10-3-4-12-11(6-10)9(7-15-12)5-13(14)16;1-8(2)19(17,18)10-3-4-12-11(6-10)9(7-14-12)5-13(15)16;1-17(15,16)8-2-3-10-9(5-8)7(6-12-10)4-11(13)14;;;;/h3-4,6,8-9,15H,5,7H2,1-2H3,(H2,14,16);3-4,6-8,15H,5H2,1-2H3,(H2,14,16);3-4,6,8-9,14H,5,7H2,1-2H3,(H,15,16);2-3,5-6,12H,4H2,1H3,(H,13,14);4*1H4. The number of nitrogens with two attached hydrogens (primary N) is 2. The molecule has 20 nitrogen and oxygen atoms in total. The van der Waals surface area contributed by atoms with Gasteiger partial charge in [0.05, 0.1) is 54.6 Å². The smallest absolute Gasteiger partial charge is 0.307 e. The summed E-state index contributed by atoms with van der Waals surface area (Å²) in [4.78, 5) is 50.4. The minimum absolute atomic E-state index is 0. The molecule has 0 bridgehead atoms. The van der Waals surface area contributed by atoms with E-state index in [1.54, 1.807) is 115 Å². The molecule has 0 aliphatic carbocycles. The van der Waals surface area contributed by atoms with Crippen LogP contribution in [0, 0.1) is 0 Å². The molecule has 2 unspecified atom stereocenters. The van der Waals surface area contributed by atoms with Gasteiger partial charge in [-0.1, -0.05) is 29.7 Å². The van der Waals surface area contributed by atoms with E-state index in [1.165, 1.54) is 12.1 Å². The zero-order chi connectivity index (χ0) is 55.2. The molecule has 10 N–H and O–H groups in total. The Kier molecular flexibility index (Phi) is 24.6. The number of carbonyl (C=O) groups is 4. The molecule has 8 rings (SSSR count). The van der Waals surface area contributed by atoms with Gasteiger partial charge in [0.25, 0.3) is 0 Å². The lowest BCUT2D eigenvalue weighted by molar-refractivity contribution is -0.138. The summed E-state index contributed by atoms with van der Waals surface area (Å²) in [7, 11) is -13.2. The fourth-order valence-electron chi connectivity index (χ4n) is 8.12. The molecule has 0 saturated heterocycles. The van der Waals surface area contributed by atoms with Crippen molar-refractivity contribution in [2.75, 3.05) is 30.0 Å². The zero-order valence-corrected chi connectivity index (χ0v) is 45.1. The van der Waals surface area contributed by atoms with Crippen molar-refractivity contribution in [3.8, 4) is 0 Å². The van der Waals surface area contributed by atoms with E-state index >= 15 is 0 Å². The molecule has 6 aromatic rings. The van der Waals surface area contributed by atoms with Crippen molar-refractivity contribution in [2.45, 2.75) is 144 Å². The number of carbonyl (C=O) groups excluding carboxylic acids is 2. The molecule has 432 valence electrons. The van der Waals surface area contributed by atoms with Gasteiger partial charge >= 0.3 is 11.9 Å². The molecule has 2 amide bonds. The quantitative estimate of drug-likeness (QED) is 0.0480. The summed E-state index contributed by atoms with van der Waals surface area (Å²) in [5.41, 5.74) is 16.6. The fraction of sp³-hybridized carbons (Fsp3) is 0.407. The third-order valence-electron chi connectivity index (χ3n) is 12.3. The summed E-state index contributed by atoms with van der Waals surface area (Å²) < 4.78 is 95.6. The lowest BCUT2D eigenvalue weighted by Crippen LogP contribution is -2.17. The number of sulfone groups is 4. The molecule has 0 radical (unpaired) electrons. The van der Waals surface area contributed by atoms with Crippen LogP contribution in [0.1, 0.15) is 118 Å². The maximum atomic E-state index is 12.1. The molecule has 2 aliphatic rings. The number of carboxylic acids is 2. The van der Waals surface area contributed by atoms with Crippen LogP contribution >= 0.6 is 0 Å². The molecule has 4 heterocycles. The van der Waals surface area contributed by atoms with Gasteiger partial charge in [-0.3, -0.25) is 19.2 Å². The number of carboxylic acid groups (broad SMARTS) is 2. The highest BCUT2D eigenvalue weighted by Crippen LogP contribution is 2.37. The van der Waals surface area contributed by atoms with Gasteiger partial charge in [0.1, 0.15) is 0 Å². The summed E-state index contributed by atoms with van der Waals surface area (Å²) in [5.74, 6) is -2.87. The Morgan fingerprint density at radius 3 is 1.23 bits per heavy atom. The van der Waals surface area contributed by atoms with Gasteiger partial charge in [-0.05, 0) is 137 Å². The van der Waals surface area contributed by atoms with E-state index in [4.69, 9.17) is 21.7 Å². The number of aliphatic carboxylic acids is 2. The number of aromatic amines is 2. The molecule has 0 fully saturated rings. The number of fused-ring (bicyclic) bond motifs is 4. The van der Waals surface area contributed by atoms with Crippen LogP contribution in [0.5, 0.6) is 0 Å². The van der Waals surface area contributed by atoms with Crippen LogP contribution in [0.15, 0.2) is 105 Å². The highest BCUT2D eigenvalue weighted by Gasteiger charge is 2.29. The van der Waals surface area contributed by atoms with E-state index in [2.05, 4.69) is 20.6 Å². The highest BCUT2D eigenvalue weighted by molar-refractivity contribution is 7.92. The largest absolute Gasteiger partial charge is 0.481 e. The average molecular weight is 1160 g/mol. The van der Waals surface area contributed by atoms with Gasteiger partial charge in [-0.2, -0.15) is 0 Å². The number of benzene rings is 4. The number of hydrogen-bond acceptors (Lipinski definition) is 14. The highest BCUT2D eigenvalue weighted by atomic mass is 32.2. The first-order chi connectivity index (χ1) is 34.3. The third-order valence-corrected chi connectivity index (χ3v) is 19.9. The van der Waals surface area contributed by atoms with E-state index in [1.807, 2.05) is 0 Å². The van der Waals surface area contributed by atoms with Crippen LogP contribution in [0.2, 0.25) is 0 Å². The molecular formula is C54H78N6O14S4. The Labute approximate surface area is 459 Å². The SMILES string of the molecule is C.C.C.C.CC(C)S(=O)(=O)c1ccc2[nH]cc(CC(N)=O)c2c1.CC(C)S(=O)(=O)c1ccc2c(c1)C(CC(=O)O)CN2.CC(C)S(=O)(=O)c1ccc2c(c1)C(CC(N)=O)CN2.CS(=O)(=O)c1ccc2[nH]cc(CC(=O)O)c2c1. The van der Waals surface area contributed by atoms with Crippen molar-refractivity contribution >= 4 is 96.3 Å². The van der Waals surface area contributed by atoms with Crippen molar-refractivity contribution in [3.63, 3.8) is 0 Å². The number of hydrogen-bond donors (Lipinski definition) is 8. The minimum Gasteiger partial charge on any atom is -0.481 e. The van der Waals surface area contributed by atoms with Gasteiger partial charge in [-0.15, -0.1) is 0 Å². The molecule has 2 atom stereocenters. The Hall–Kier alpha value is -6.76. The van der Waals surface area contributed by atoms with E-state index in [0.29, 0.717) is 34.5 Å². The van der Waals surface area contributed by atoms with Gasteiger partial charge in [0, 0.05) is 83.2 Å². The molecule has 24 heteroatoms. The van der Waals surface area contributed by atoms with Gasteiger partial charge in [0.15, 0.2) is 39.3 Å². The Morgan fingerprint density at radius 2 is 0.872 bits per heavy atom. The minimum atomic E-state index is -3.33. The number of H-pyrrole nitrogens is 2. The molecule has 0 saturated carbocycles. The van der Waals surface area contributed by atoms with Crippen molar-refractivity contribution in [2.24, 2.45) is 11.5 Å². The average Bonchev–Trinajstić information content (AvgIpc) is 4.11. The topological polar surface area (TPSA) is 353 Å². The van der Waals surface area contributed by atoms with Crippen molar-refractivity contribution < 1.29 is 63.1 Å². The lowest BCUT2D eigenvalue weighted by atomic mass is 9.98. The number of aromatic nitrogens is 2. The summed E-state index contributed by atoms with van der Waals surface area (Å²) in [6.07, 6.45) is 4.58. The first kappa shape index (κ1) is 69.3. The van der Waals surface area contributed by atoms with Crippen LogP contribution in [0.3, 0.4) is 0 Å². The van der Waals surface area contributed by atoms with Gasteiger partial charge in [0.2, 0.25) is 11.8 Å². The molecular weight excluding hydrogens is 1080 g/mol. The zero-order valence-electron chi connectivity index (χ0n) is 41.8. The number of nitrogens with one attached hydrogen (secondary N) is 4. The molecule has 78 heavy (non-hydrogen) atoms. The first-order valence-corrected chi connectivity index (χ1v) is 29.7. The van der Waals surface area contributed by atoms with E-state index in [0.717, 1.165) is 45.2 Å². The normalized spacial score (nSPS) is 14.4. The van der Waals surface area contributed by atoms with Crippen LogP contribution < -0.4 is 22.1 Å². The second kappa shape index (κ2) is 27.7. The second-order valence-corrected chi connectivity index (χ2v) is 28.3. The van der Waals surface area contributed by atoms with E-state index in [-0.39, 0.29) is 87.8 Å². The predicted molar refractivity (Wildman–Crippen MR) is 309 cm³/mol. The summed E-state index contributed by atoms with van der Waals surface area (Å²) >= 11 is 0. The second-order valence-electron chi connectivity index (χ2n) is 18.7. The molecule has 0 spiro atoms. The number of primary amides is 2. The summed E-state index contributed by atoms with van der Waals surface area (Å²) in [5, 5.41) is 23.8. The number of amides is 2. The molecule has 2 aromatic heterocycles. The van der Waals surface area contributed by atoms with Crippen LogP contribution in [0.25, 0.3) is 21.8 Å². The van der Waals surface area contributed by atoms with E-state index < -0.39 is 72.9 Å². The van der Waals surface area contributed by atoms with Gasteiger partial charge in [-0.25, -0.2) is 33.7 Å². The van der Waals surface area contributed by atoms with E-state index in [9.17, 15) is 52.8 Å². The first-order valence-electron chi connectivity index (χ1n) is 23.2. The third kappa shape index (κ3) is 16.6. The Balaban J connectivity index is 0.000000512. The number of anilines is 2. The van der Waals surface area contributed by atoms with Crippen LogP contribution in [-0.4, -0.2) is 113 Å². The number of rotatable bonds is 15. The predicted octanol–water partition coefficient (Wildman–Crippen LogP) is 8.23. The van der Waals surface area contributed by atoms with Crippen molar-refractivity contribution in [1.82, 2.24) is 9.97 Å². The summed E-state index contributed by atoms with van der Waals surface area (Å²) in [6.45, 7) is 11.0. The maximum Gasteiger partial charge on any atom is 0.307 e. The maximum absolute atomic E-state index is 12.1. The van der Waals surface area contributed by atoms with Gasteiger partial charge < -0.3 is 42.3 Å². The molecule has 4 aromatic carbocycles. The van der Waals surface area contributed by atoms with Crippen molar-refractivity contribution in [3.05, 3.63) is 107 Å².